The summed E-state index contributed by atoms with van der Waals surface area (Å²) in [5, 5.41) is 3.35. The fraction of sp³-hybridized carbons (Fsp3) is 0.286. The van der Waals surface area contributed by atoms with E-state index in [9.17, 15) is 9.59 Å². The van der Waals surface area contributed by atoms with Gasteiger partial charge >= 0.3 is 5.97 Å². The molecule has 1 atom stereocenters. The molecule has 0 saturated heterocycles. The summed E-state index contributed by atoms with van der Waals surface area (Å²) in [5.74, 6) is -1.05. The first kappa shape index (κ1) is 16.5. The zero-order valence-electron chi connectivity index (χ0n) is 11.4. The molecular weight excluding hydrogens is 301 g/mol. The molecule has 1 aromatic carbocycles. The Morgan fingerprint density at radius 3 is 2.55 bits per heavy atom. The van der Waals surface area contributed by atoms with Crippen molar-refractivity contribution in [1.29, 1.82) is 0 Å². The first-order chi connectivity index (χ1) is 9.29. The largest absolute Gasteiger partial charge is 0.449 e. The van der Waals surface area contributed by atoms with E-state index >= 15 is 0 Å². The van der Waals surface area contributed by atoms with E-state index < -0.39 is 18.0 Å². The van der Waals surface area contributed by atoms with E-state index in [0.717, 1.165) is 5.57 Å². The number of benzene rings is 1. The van der Waals surface area contributed by atoms with Gasteiger partial charge in [-0.25, -0.2) is 4.79 Å². The molecule has 6 heteroatoms. The molecule has 0 saturated carbocycles. The highest BCUT2D eigenvalue weighted by Gasteiger charge is 2.17. The molecule has 1 N–H and O–H groups in total. The number of hydrogen-bond acceptors (Lipinski definition) is 3. The molecule has 0 unspecified atom stereocenters. The normalized spacial score (nSPS) is 11.4. The standard InChI is InChI=1S/C14H15Cl2NO3/c1-8(2)6-13(18)20-9(3)14(19)17-12-7-10(15)4-5-11(12)16/h4-7,9H,1-3H3,(H,17,19)/t9-/m0/s1. The number of hydrogen-bond donors (Lipinski definition) is 1. The van der Waals surface area contributed by atoms with Crippen LogP contribution in [0.5, 0.6) is 0 Å². The number of anilines is 1. The number of allylic oxidation sites excluding steroid dienone is 1. The molecule has 0 aliphatic rings. The SMILES string of the molecule is CC(C)=CC(=O)O[C@@H](C)C(=O)Nc1cc(Cl)ccc1Cl. The monoisotopic (exact) mass is 315 g/mol. The predicted octanol–water partition coefficient (Wildman–Crippen LogP) is 3.83. The summed E-state index contributed by atoms with van der Waals surface area (Å²) >= 11 is 11.7. The summed E-state index contributed by atoms with van der Waals surface area (Å²) in [4.78, 5) is 23.3. The maximum absolute atomic E-state index is 11.9. The van der Waals surface area contributed by atoms with Gasteiger partial charge in [0.05, 0.1) is 10.7 Å². The van der Waals surface area contributed by atoms with Crippen molar-refractivity contribution in [2.24, 2.45) is 0 Å². The van der Waals surface area contributed by atoms with Crippen LogP contribution in [-0.2, 0) is 14.3 Å². The van der Waals surface area contributed by atoms with Gasteiger partial charge in [0.25, 0.3) is 5.91 Å². The Hall–Kier alpha value is -1.52. The Morgan fingerprint density at radius 2 is 1.95 bits per heavy atom. The summed E-state index contributed by atoms with van der Waals surface area (Å²) < 4.78 is 4.96. The summed E-state index contributed by atoms with van der Waals surface area (Å²) in [6.07, 6.45) is 0.379. The minimum absolute atomic E-state index is 0.352. The van der Waals surface area contributed by atoms with Crippen LogP contribution < -0.4 is 5.32 Å². The molecule has 0 radical (unpaired) electrons. The van der Waals surface area contributed by atoms with Gasteiger partial charge in [0, 0.05) is 11.1 Å². The van der Waals surface area contributed by atoms with Gasteiger partial charge in [-0.3, -0.25) is 4.79 Å². The van der Waals surface area contributed by atoms with E-state index in [-0.39, 0.29) is 0 Å². The Labute approximate surface area is 127 Å². The second kappa shape index (κ2) is 7.31. The fourth-order valence-corrected chi connectivity index (χ4v) is 1.66. The lowest BCUT2D eigenvalue weighted by Crippen LogP contribution is -2.29. The second-order valence-corrected chi connectivity index (χ2v) is 5.26. The van der Waals surface area contributed by atoms with Crippen molar-refractivity contribution in [1.82, 2.24) is 0 Å². The van der Waals surface area contributed by atoms with E-state index in [1.807, 2.05) is 0 Å². The van der Waals surface area contributed by atoms with Crippen LogP contribution in [0.15, 0.2) is 29.8 Å². The third-order valence-corrected chi connectivity index (χ3v) is 2.82. The third-order valence-electron chi connectivity index (χ3n) is 2.25. The Balaban J connectivity index is 2.69. The summed E-state index contributed by atoms with van der Waals surface area (Å²) in [6.45, 7) is 5.00. The smallest absolute Gasteiger partial charge is 0.331 e. The van der Waals surface area contributed by atoms with Crippen molar-refractivity contribution in [3.63, 3.8) is 0 Å². The lowest BCUT2D eigenvalue weighted by atomic mass is 10.3. The number of rotatable bonds is 4. The molecule has 108 valence electrons. The van der Waals surface area contributed by atoms with Crippen molar-refractivity contribution >= 4 is 40.8 Å². The molecule has 0 aliphatic heterocycles. The average Bonchev–Trinajstić information content (AvgIpc) is 2.32. The number of carbonyl (C=O) groups excluding carboxylic acids is 2. The fourth-order valence-electron chi connectivity index (χ4n) is 1.33. The van der Waals surface area contributed by atoms with Gasteiger partial charge in [-0.2, -0.15) is 0 Å². The minimum Gasteiger partial charge on any atom is -0.449 e. The molecule has 0 bridgehead atoms. The van der Waals surface area contributed by atoms with E-state index in [4.69, 9.17) is 27.9 Å². The van der Waals surface area contributed by atoms with Crippen LogP contribution in [0.4, 0.5) is 5.69 Å². The van der Waals surface area contributed by atoms with Gasteiger partial charge in [-0.05, 0) is 39.0 Å². The molecule has 0 aromatic heterocycles. The van der Waals surface area contributed by atoms with Crippen LogP contribution >= 0.6 is 23.2 Å². The lowest BCUT2D eigenvalue weighted by molar-refractivity contribution is -0.148. The van der Waals surface area contributed by atoms with Gasteiger partial charge < -0.3 is 10.1 Å². The van der Waals surface area contributed by atoms with Crippen molar-refractivity contribution in [2.75, 3.05) is 5.32 Å². The maximum atomic E-state index is 11.9. The highest BCUT2D eigenvalue weighted by atomic mass is 35.5. The quantitative estimate of drug-likeness (QED) is 0.678. The number of ether oxygens (including phenoxy) is 1. The number of amides is 1. The van der Waals surface area contributed by atoms with E-state index in [0.29, 0.717) is 15.7 Å². The molecular formula is C14H15Cl2NO3. The Bertz CT molecular complexity index is 551. The molecule has 0 fully saturated rings. The van der Waals surface area contributed by atoms with Crippen molar-refractivity contribution < 1.29 is 14.3 Å². The van der Waals surface area contributed by atoms with Crippen LogP contribution in [0.25, 0.3) is 0 Å². The Kier molecular flexibility index (Phi) is 6.05. The first-order valence-electron chi connectivity index (χ1n) is 5.91. The van der Waals surface area contributed by atoms with Crippen LogP contribution in [0.3, 0.4) is 0 Å². The molecule has 0 spiro atoms. The summed E-state index contributed by atoms with van der Waals surface area (Å²) in [6, 6.07) is 4.70. The zero-order valence-corrected chi connectivity index (χ0v) is 12.9. The zero-order chi connectivity index (χ0) is 15.3. The molecule has 1 rings (SSSR count). The summed E-state index contributed by atoms with van der Waals surface area (Å²) in [5.41, 5.74) is 1.16. The van der Waals surface area contributed by atoms with Gasteiger partial charge in [0.15, 0.2) is 6.10 Å². The first-order valence-corrected chi connectivity index (χ1v) is 6.66. The molecule has 4 nitrogen and oxygen atoms in total. The topological polar surface area (TPSA) is 55.4 Å². The van der Waals surface area contributed by atoms with Crippen LogP contribution in [0.2, 0.25) is 10.0 Å². The number of halogens is 2. The average molecular weight is 316 g/mol. The van der Waals surface area contributed by atoms with E-state index in [2.05, 4.69) is 5.32 Å². The minimum atomic E-state index is -0.937. The van der Waals surface area contributed by atoms with Gasteiger partial charge in [0.1, 0.15) is 0 Å². The van der Waals surface area contributed by atoms with Crippen molar-refractivity contribution in [3.8, 4) is 0 Å². The maximum Gasteiger partial charge on any atom is 0.331 e. The van der Waals surface area contributed by atoms with Gasteiger partial charge in [-0.1, -0.05) is 28.8 Å². The van der Waals surface area contributed by atoms with Gasteiger partial charge in [-0.15, -0.1) is 0 Å². The van der Waals surface area contributed by atoms with Crippen LogP contribution in [0.1, 0.15) is 20.8 Å². The Morgan fingerprint density at radius 1 is 1.30 bits per heavy atom. The van der Waals surface area contributed by atoms with Crippen molar-refractivity contribution in [3.05, 3.63) is 39.9 Å². The molecule has 1 amide bonds. The predicted molar refractivity (Wildman–Crippen MR) is 80.1 cm³/mol. The number of nitrogens with one attached hydrogen (secondary N) is 1. The molecule has 20 heavy (non-hydrogen) atoms. The third kappa shape index (κ3) is 5.23. The summed E-state index contributed by atoms with van der Waals surface area (Å²) in [7, 11) is 0. The van der Waals surface area contributed by atoms with E-state index in [1.54, 1.807) is 26.0 Å². The molecule has 0 heterocycles. The number of esters is 1. The van der Waals surface area contributed by atoms with Gasteiger partial charge in [0.2, 0.25) is 0 Å². The molecule has 0 aliphatic carbocycles. The van der Waals surface area contributed by atoms with E-state index in [1.165, 1.54) is 19.1 Å². The lowest BCUT2D eigenvalue weighted by Gasteiger charge is -2.13. The van der Waals surface area contributed by atoms with Crippen LogP contribution in [-0.4, -0.2) is 18.0 Å². The second-order valence-electron chi connectivity index (χ2n) is 4.41. The molecule has 1 aromatic rings. The highest BCUT2D eigenvalue weighted by Crippen LogP contribution is 2.25. The highest BCUT2D eigenvalue weighted by molar-refractivity contribution is 6.35. The van der Waals surface area contributed by atoms with Crippen molar-refractivity contribution in [2.45, 2.75) is 26.9 Å². The van der Waals surface area contributed by atoms with Crippen LogP contribution in [0, 0.1) is 0 Å². The number of carbonyl (C=O) groups is 2.